The van der Waals surface area contributed by atoms with Crippen molar-refractivity contribution in [3.05, 3.63) is 37.0 Å². The molecular formula is C13H24O2Si. The Bertz CT molecular complexity index is 283. The number of allylic oxidation sites excluding steroid dienone is 3. The zero-order chi connectivity index (χ0) is 12.8. The molecule has 0 radical (unpaired) electrons. The highest BCUT2D eigenvalue weighted by Gasteiger charge is 2.39. The first-order valence-corrected chi connectivity index (χ1v) is 8.45. The molecular weight excluding hydrogens is 216 g/mol. The third kappa shape index (κ3) is 4.70. The summed E-state index contributed by atoms with van der Waals surface area (Å²) in [6.45, 7) is 16.5. The van der Waals surface area contributed by atoms with Crippen LogP contribution in [0.3, 0.4) is 0 Å². The van der Waals surface area contributed by atoms with E-state index in [1.165, 1.54) is 0 Å². The Morgan fingerprint density at radius 1 is 1.25 bits per heavy atom. The lowest BCUT2D eigenvalue weighted by atomic mass is 10.2. The third-order valence-corrected chi connectivity index (χ3v) is 7.12. The van der Waals surface area contributed by atoms with Crippen LogP contribution in [0.2, 0.25) is 18.1 Å². The van der Waals surface area contributed by atoms with Gasteiger partial charge in [-0.2, -0.15) is 0 Å². The Labute approximate surface area is 101 Å². The Morgan fingerprint density at radius 3 is 2.19 bits per heavy atom. The highest BCUT2D eigenvalue weighted by Crippen LogP contribution is 2.37. The second-order valence-electron chi connectivity index (χ2n) is 5.15. The molecule has 0 N–H and O–H groups in total. The van der Waals surface area contributed by atoms with Gasteiger partial charge in [-0.05, 0) is 37.2 Å². The quantitative estimate of drug-likeness (QED) is 0.397. The molecule has 0 heterocycles. The summed E-state index contributed by atoms with van der Waals surface area (Å²) in [5.74, 6) is 0.574. The van der Waals surface area contributed by atoms with Crippen molar-refractivity contribution < 1.29 is 9.16 Å². The zero-order valence-corrected chi connectivity index (χ0v) is 12.3. The van der Waals surface area contributed by atoms with E-state index in [9.17, 15) is 0 Å². The molecule has 0 aromatic rings. The Hall–Kier alpha value is -0.963. The molecule has 0 amide bonds. The van der Waals surface area contributed by atoms with E-state index in [1.54, 1.807) is 18.4 Å². The fourth-order valence-corrected chi connectivity index (χ4v) is 1.69. The molecule has 16 heavy (non-hydrogen) atoms. The van der Waals surface area contributed by atoms with Crippen LogP contribution in [0, 0.1) is 0 Å². The van der Waals surface area contributed by atoms with Crippen LogP contribution < -0.4 is 0 Å². The summed E-state index contributed by atoms with van der Waals surface area (Å²) >= 11 is 0. The standard InChI is InChI=1S/C13H24O2Si/c1-8-10-11-14-12(9-2)15-16(6,7)13(3,4)5/h8-11H,1H2,2-7H3/b11-10+,12-9-. The third-order valence-electron chi connectivity index (χ3n) is 2.80. The SMILES string of the molecule is C=C/C=C/O/C(=C/C)O[Si](C)(C)C(C)(C)C. The van der Waals surface area contributed by atoms with Crippen molar-refractivity contribution in [1.29, 1.82) is 0 Å². The van der Waals surface area contributed by atoms with E-state index >= 15 is 0 Å². The molecule has 0 saturated carbocycles. The molecule has 0 aliphatic rings. The van der Waals surface area contributed by atoms with Crippen LogP contribution in [0.15, 0.2) is 37.0 Å². The van der Waals surface area contributed by atoms with Gasteiger partial charge in [-0.3, -0.25) is 0 Å². The number of rotatable bonds is 5. The molecule has 0 saturated heterocycles. The van der Waals surface area contributed by atoms with Crippen LogP contribution in [0.4, 0.5) is 0 Å². The second kappa shape index (κ2) is 5.94. The molecule has 0 spiro atoms. The van der Waals surface area contributed by atoms with Crippen molar-refractivity contribution in [2.24, 2.45) is 0 Å². The summed E-state index contributed by atoms with van der Waals surface area (Å²) in [5.41, 5.74) is 0. The molecule has 0 fully saturated rings. The van der Waals surface area contributed by atoms with E-state index < -0.39 is 8.32 Å². The highest BCUT2D eigenvalue weighted by molar-refractivity contribution is 6.74. The summed E-state index contributed by atoms with van der Waals surface area (Å²) in [6.07, 6.45) is 6.82. The molecule has 0 aliphatic carbocycles. The van der Waals surface area contributed by atoms with Crippen molar-refractivity contribution in [3.8, 4) is 0 Å². The minimum Gasteiger partial charge on any atom is -0.519 e. The first-order valence-electron chi connectivity index (χ1n) is 5.54. The topological polar surface area (TPSA) is 18.5 Å². The van der Waals surface area contributed by atoms with Gasteiger partial charge in [0.05, 0.1) is 6.26 Å². The first-order chi connectivity index (χ1) is 7.24. The van der Waals surface area contributed by atoms with Crippen LogP contribution in [0.25, 0.3) is 0 Å². The molecule has 92 valence electrons. The fraction of sp³-hybridized carbons (Fsp3) is 0.538. The van der Waals surface area contributed by atoms with E-state index in [4.69, 9.17) is 9.16 Å². The maximum Gasteiger partial charge on any atom is 0.265 e. The lowest BCUT2D eigenvalue weighted by Crippen LogP contribution is -2.40. The number of hydrogen-bond acceptors (Lipinski definition) is 2. The van der Waals surface area contributed by atoms with E-state index in [0.29, 0.717) is 5.95 Å². The van der Waals surface area contributed by atoms with Gasteiger partial charge in [-0.15, -0.1) is 0 Å². The first kappa shape index (κ1) is 15.0. The Balaban J connectivity index is 4.56. The van der Waals surface area contributed by atoms with Crippen LogP contribution in [0.1, 0.15) is 27.7 Å². The van der Waals surface area contributed by atoms with Crippen LogP contribution in [0.5, 0.6) is 0 Å². The van der Waals surface area contributed by atoms with Crippen molar-refractivity contribution >= 4 is 8.32 Å². The molecule has 0 aromatic heterocycles. The Kier molecular flexibility index (Phi) is 5.58. The second-order valence-corrected chi connectivity index (χ2v) is 9.88. The molecule has 0 rings (SSSR count). The summed E-state index contributed by atoms with van der Waals surface area (Å²) < 4.78 is 11.4. The molecule has 0 aromatic carbocycles. The summed E-state index contributed by atoms with van der Waals surface area (Å²) in [7, 11) is -1.80. The van der Waals surface area contributed by atoms with Crippen molar-refractivity contribution in [2.75, 3.05) is 0 Å². The smallest absolute Gasteiger partial charge is 0.265 e. The predicted octanol–water partition coefficient (Wildman–Crippen LogP) is 4.59. The molecule has 2 nitrogen and oxygen atoms in total. The van der Waals surface area contributed by atoms with Crippen molar-refractivity contribution in [2.45, 2.75) is 45.8 Å². The van der Waals surface area contributed by atoms with E-state index in [2.05, 4.69) is 40.4 Å². The van der Waals surface area contributed by atoms with Gasteiger partial charge in [-0.1, -0.05) is 33.4 Å². The molecule has 0 bridgehead atoms. The molecule has 0 unspecified atom stereocenters. The minimum atomic E-state index is -1.80. The largest absolute Gasteiger partial charge is 0.519 e. The predicted molar refractivity (Wildman–Crippen MR) is 72.5 cm³/mol. The van der Waals surface area contributed by atoms with Gasteiger partial charge in [0.15, 0.2) is 0 Å². The maximum absolute atomic E-state index is 5.99. The average molecular weight is 240 g/mol. The van der Waals surface area contributed by atoms with Gasteiger partial charge >= 0.3 is 0 Å². The van der Waals surface area contributed by atoms with Gasteiger partial charge in [-0.25, -0.2) is 0 Å². The molecule has 0 aliphatic heterocycles. The van der Waals surface area contributed by atoms with E-state index in [1.807, 2.05) is 13.0 Å². The summed E-state index contributed by atoms with van der Waals surface area (Å²) in [4.78, 5) is 0. The molecule has 0 atom stereocenters. The number of hydrogen-bond donors (Lipinski definition) is 0. The van der Waals surface area contributed by atoms with Crippen LogP contribution in [-0.2, 0) is 9.16 Å². The summed E-state index contributed by atoms with van der Waals surface area (Å²) in [5, 5.41) is 0.173. The van der Waals surface area contributed by atoms with Crippen LogP contribution in [-0.4, -0.2) is 8.32 Å². The maximum atomic E-state index is 5.99. The fourth-order valence-electron chi connectivity index (χ4n) is 0.717. The van der Waals surface area contributed by atoms with Gasteiger partial charge < -0.3 is 9.16 Å². The van der Waals surface area contributed by atoms with Crippen LogP contribution >= 0.6 is 0 Å². The van der Waals surface area contributed by atoms with Crippen molar-refractivity contribution in [1.82, 2.24) is 0 Å². The average Bonchev–Trinajstić information content (AvgIpc) is 2.14. The van der Waals surface area contributed by atoms with Gasteiger partial charge in [0.25, 0.3) is 14.3 Å². The summed E-state index contributed by atoms with van der Waals surface area (Å²) in [6, 6.07) is 0. The van der Waals surface area contributed by atoms with E-state index in [-0.39, 0.29) is 5.04 Å². The van der Waals surface area contributed by atoms with Gasteiger partial charge in [0.1, 0.15) is 0 Å². The zero-order valence-electron chi connectivity index (χ0n) is 11.3. The monoisotopic (exact) mass is 240 g/mol. The number of ether oxygens (including phenoxy) is 1. The minimum absolute atomic E-state index is 0.173. The van der Waals surface area contributed by atoms with Gasteiger partial charge in [0.2, 0.25) is 0 Å². The molecule has 3 heteroatoms. The van der Waals surface area contributed by atoms with E-state index in [0.717, 1.165) is 0 Å². The normalized spacial score (nSPS) is 14.0. The lowest BCUT2D eigenvalue weighted by Gasteiger charge is -2.36. The lowest BCUT2D eigenvalue weighted by molar-refractivity contribution is 0.171. The Morgan fingerprint density at radius 2 is 1.81 bits per heavy atom. The van der Waals surface area contributed by atoms with Crippen molar-refractivity contribution in [3.63, 3.8) is 0 Å². The van der Waals surface area contributed by atoms with Gasteiger partial charge in [0, 0.05) is 0 Å². The highest BCUT2D eigenvalue weighted by atomic mass is 28.4.